The fourth-order valence-electron chi connectivity index (χ4n) is 4.77. The zero-order valence-corrected chi connectivity index (χ0v) is 23.6. The molecule has 34 heavy (non-hydrogen) atoms. The summed E-state index contributed by atoms with van der Waals surface area (Å²) in [4.78, 5) is 0. The number of unbranched alkanes of at least 4 members (excludes halogenated alkanes) is 2. The predicted octanol–water partition coefficient (Wildman–Crippen LogP) is 6.59. The van der Waals surface area contributed by atoms with Gasteiger partial charge in [-0.15, -0.1) is 0 Å². The Hall–Kier alpha value is -0.710. The minimum Gasteiger partial charge on any atom is -0.380 e. The summed E-state index contributed by atoms with van der Waals surface area (Å²) >= 11 is 0. The zero-order chi connectivity index (χ0) is 25.0. The Bertz CT molecular complexity index is 675. The van der Waals surface area contributed by atoms with E-state index in [1.54, 1.807) is 0 Å². The fourth-order valence-corrected chi connectivity index (χ4v) is 8.51. The normalized spacial score (nSPS) is 22.2. The minimum atomic E-state index is -3.05. The van der Waals surface area contributed by atoms with E-state index in [9.17, 15) is 0 Å². The van der Waals surface area contributed by atoms with Gasteiger partial charge in [-0.2, -0.15) is 0 Å². The van der Waals surface area contributed by atoms with Crippen LogP contribution in [0.15, 0.2) is 30.3 Å². The third-order valence-corrected chi connectivity index (χ3v) is 10.3. The standard InChI is InChI=1S/C28H51N2O3P/c1-7-9-20-32-22-27(24(3)4)29-18-14-15-19-30(28(25(5)6)23-33-21-10-8-2)34(29,31)26-16-12-11-13-17-26/h11-13,16-17,24-25,27-28H,7-10,14-15,18-23H2,1-6H3. The van der Waals surface area contributed by atoms with Crippen molar-refractivity contribution >= 4 is 12.7 Å². The topological polar surface area (TPSA) is 42.0 Å². The Labute approximate surface area is 210 Å². The summed E-state index contributed by atoms with van der Waals surface area (Å²) in [5.74, 6) is 0.689. The summed E-state index contributed by atoms with van der Waals surface area (Å²) in [7, 11) is -3.05. The van der Waals surface area contributed by atoms with Gasteiger partial charge in [0.25, 0.3) is 0 Å². The SMILES string of the molecule is CCCCOCC(C(C)C)N1CCCCN(C(COCCCC)C(C)C)P1(=O)c1ccccc1. The van der Waals surface area contributed by atoms with E-state index in [2.05, 4.69) is 63.0 Å². The quantitative estimate of drug-likeness (QED) is 0.203. The highest BCUT2D eigenvalue weighted by molar-refractivity contribution is 7.67. The van der Waals surface area contributed by atoms with Gasteiger partial charge in [-0.1, -0.05) is 72.6 Å². The summed E-state index contributed by atoms with van der Waals surface area (Å²) in [5.41, 5.74) is 0. The fraction of sp³-hybridized carbons (Fsp3) is 0.786. The highest BCUT2D eigenvalue weighted by atomic mass is 31.2. The average molecular weight is 495 g/mol. The smallest absolute Gasteiger partial charge is 0.246 e. The molecule has 0 saturated carbocycles. The molecule has 0 N–H and O–H groups in total. The van der Waals surface area contributed by atoms with Crippen molar-refractivity contribution in [2.75, 3.05) is 39.5 Å². The molecule has 0 bridgehead atoms. The minimum absolute atomic E-state index is 0.109. The molecule has 1 aliphatic heterocycles. The van der Waals surface area contributed by atoms with Crippen molar-refractivity contribution in [3.8, 4) is 0 Å². The second-order valence-corrected chi connectivity index (χ2v) is 13.0. The lowest BCUT2D eigenvalue weighted by Crippen LogP contribution is -2.50. The molecule has 2 atom stereocenters. The molecule has 0 amide bonds. The summed E-state index contributed by atoms with van der Waals surface area (Å²) in [5, 5.41) is 0.940. The molecule has 2 unspecified atom stereocenters. The second-order valence-electron chi connectivity index (χ2n) is 10.4. The van der Waals surface area contributed by atoms with Crippen LogP contribution >= 0.6 is 7.44 Å². The van der Waals surface area contributed by atoms with Crippen LogP contribution in [-0.4, -0.2) is 60.9 Å². The van der Waals surface area contributed by atoms with Gasteiger partial charge in [0.05, 0.1) is 13.2 Å². The van der Waals surface area contributed by atoms with Crippen LogP contribution in [0.4, 0.5) is 0 Å². The largest absolute Gasteiger partial charge is 0.380 e. The molecule has 1 heterocycles. The number of benzene rings is 1. The lowest BCUT2D eigenvalue weighted by molar-refractivity contribution is 0.0569. The third kappa shape index (κ3) is 7.90. The second kappa shape index (κ2) is 15.4. The first-order chi connectivity index (χ1) is 16.4. The van der Waals surface area contributed by atoms with E-state index in [0.29, 0.717) is 25.0 Å². The van der Waals surface area contributed by atoms with Gasteiger partial charge in [0.1, 0.15) is 0 Å². The number of hydrogen-bond acceptors (Lipinski definition) is 3. The molecule has 1 aromatic rings. The van der Waals surface area contributed by atoms with E-state index in [1.807, 2.05) is 18.2 Å². The lowest BCUT2D eigenvalue weighted by Gasteiger charge is -2.46. The van der Waals surface area contributed by atoms with Crippen molar-refractivity contribution in [2.24, 2.45) is 11.8 Å². The highest BCUT2D eigenvalue weighted by Crippen LogP contribution is 2.57. The van der Waals surface area contributed by atoms with Crippen LogP contribution < -0.4 is 5.30 Å². The van der Waals surface area contributed by atoms with E-state index >= 15 is 4.57 Å². The van der Waals surface area contributed by atoms with E-state index in [0.717, 1.165) is 70.1 Å². The number of ether oxygens (including phenoxy) is 2. The van der Waals surface area contributed by atoms with Crippen LogP contribution in [-0.2, 0) is 14.0 Å². The molecule has 5 nitrogen and oxygen atoms in total. The predicted molar refractivity (Wildman–Crippen MR) is 145 cm³/mol. The maximum Gasteiger partial charge on any atom is 0.246 e. The maximum atomic E-state index is 15.5. The number of hydrogen-bond donors (Lipinski definition) is 0. The van der Waals surface area contributed by atoms with Gasteiger partial charge >= 0.3 is 0 Å². The van der Waals surface area contributed by atoms with E-state index in [-0.39, 0.29) is 12.1 Å². The van der Waals surface area contributed by atoms with Gasteiger partial charge in [0.15, 0.2) is 0 Å². The molecule has 0 aromatic heterocycles. The molecule has 1 aromatic carbocycles. The molecule has 1 saturated heterocycles. The third-order valence-electron chi connectivity index (χ3n) is 6.98. The molecule has 0 spiro atoms. The monoisotopic (exact) mass is 494 g/mol. The van der Waals surface area contributed by atoms with E-state index in [1.165, 1.54) is 0 Å². The molecular formula is C28H51N2O3P. The van der Waals surface area contributed by atoms with Crippen molar-refractivity contribution in [3.63, 3.8) is 0 Å². The van der Waals surface area contributed by atoms with Gasteiger partial charge in [-0.05, 0) is 49.7 Å². The molecular weight excluding hydrogens is 443 g/mol. The molecule has 0 aliphatic carbocycles. The zero-order valence-electron chi connectivity index (χ0n) is 22.7. The Balaban J connectivity index is 2.48. The molecule has 1 fully saturated rings. The van der Waals surface area contributed by atoms with Gasteiger partial charge in [-0.25, -0.2) is 9.34 Å². The number of nitrogens with zero attached hydrogens (tertiary/aromatic N) is 2. The van der Waals surface area contributed by atoms with Crippen LogP contribution in [0.2, 0.25) is 0 Å². The van der Waals surface area contributed by atoms with Crippen molar-refractivity contribution in [3.05, 3.63) is 30.3 Å². The Morgan fingerprint density at radius 2 is 1.24 bits per heavy atom. The molecule has 1 aliphatic rings. The Kier molecular flexibility index (Phi) is 13.4. The van der Waals surface area contributed by atoms with Crippen LogP contribution in [0.1, 0.15) is 80.1 Å². The summed E-state index contributed by atoms with van der Waals surface area (Å²) in [6.07, 6.45) is 6.48. The first-order valence-corrected chi connectivity index (χ1v) is 15.3. The van der Waals surface area contributed by atoms with Crippen LogP contribution in [0, 0.1) is 11.8 Å². The van der Waals surface area contributed by atoms with E-state index < -0.39 is 7.44 Å². The molecule has 196 valence electrons. The number of rotatable bonds is 15. The van der Waals surface area contributed by atoms with Crippen molar-refractivity contribution in [1.82, 2.24) is 9.34 Å². The van der Waals surface area contributed by atoms with Crippen molar-refractivity contribution in [2.45, 2.75) is 92.2 Å². The molecule has 2 rings (SSSR count). The summed E-state index contributed by atoms with van der Waals surface area (Å²) in [6, 6.07) is 10.4. The summed E-state index contributed by atoms with van der Waals surface area (Å²) in [6.45, 7) is 17.8. The van der Waals surface area contributed by atoms with Crippen molar-refractivity contribution in [1.29, 1.82) is 0 Å². The van der Waals surface area contributed by atoms with E-state index in [4.69, 9.17) is 9.47 Å². The van der Waals surface area contributed by atoms with Crippen LogP contribution in [0.5, 0.6) is 0 Å². The highest BCUT2D eigenvalue weighted by Gasteiger charge is 2.47. The lowest BCUT2D eigenvalue weighted by atomic mass is 10.0. The molecule has 6 heteroatoms. The first-order valence-electron chi connectivity index (χ1n) is 13.7. The molecule has 0 radical (unpaired) electrons. The summed E-state index contributed by atoms with van der Waals surface area (Å²) < 4.78 is 32.5. The Morgan fingerprint density at radius 1 is 0.794 bits per heavy atom. The first kappa shape index (κ1) is 29.5. The van der Waals surface area contributed by atoms with Gasteiger partial charge in [-0.3, -0.25) is 4.57 Å². The van der Waals surface area contributed by atoms with Gasteiger partial charge in [0.2, 0.25) is 7.44 Å². The van der Waals surface area contributed by atoms with Gasteiger partial charge in [0, 0.05) is 43.7 Å². The maximum absolute atomic E-state index is 15.5. The van der Waals surface area contributed by atoms with Gasteiger partial charge < -0.3 is 9.47 Å². The van der Waals surface area contributed by atoms with Crippen LogP contribution in [0.3, 0.4) is 0 Å². The van der Waals surface area contributed by atoms with Crippen LogP contribution in [0.25, 0.3) is 0 Å². The Morgan fingerprint density at radius 3 is 1.62 bits per heavy atom. The van der Waals surface area contributed by atoms with Crippen molar-refractivity contribution < 1.29 is 14.0 Å². The average Bonchev–Trinajstić information content (AvgIpc) is 2.99.